The molecule has 0 aliphatic carbocycles. The molecule has 0 unspecified atom stereocenters. The number of hydrogen-bond donors (Lipinski definition) is 1. The van der Waals surface area contributed by atoms with Gasteiger partial charge in [0.05, 0.1) is 6.26 Å². The van der Waals surface area contributed by atoms with E-state index < -0.39 is 10.0 Å². The van der Waals surface area contributed by atoms with E-state index in [0.29, 0.717) is 25.9 Å². The zero-order valence-corrected chi connectivity index (χ0v) is 13.6. The van der Waals surface area contributed by atoms with E-state index in [4.69, 9.17) is 0 Å². The van der Waals surface area contributed by atoms with Gasteiger partial charge in [0.25, 0.3) is 0 Å². The maximum Gasteiger partial charge on any atom is 0.223 e. The van der Waals surface area contributed by atoms with E-state index in [1.807, 2.05) is 6.20 Å². The molecule has 7 nitrogen and oxygen atoms in total. The molecule has 1 fully saturated rings. The topological polar surface area (TPSA) is 84.3 Å². The molecule has 0 aromatic carbocycles. The molecule has 2 aliphatic heterocycles. The molecule has 0 radical (unpaired) electrons. The van der Waals surface area contributed by atoms with Gasteiger partial charge >= 0.3 is 0 Å². The van der Waals surface area contributed by atoms with Gasteiger partial charge in [-0.2, -0.15) is 0 Å². The molecule has 0 bridgehead atoms. The van der Waals surface area contributed by atoms with Gasteiger partial charge in [-0.3, -0.25) is 4.79 Å². The Balaban J connectivity index is 1.51. The van der Waals surface area contributed by atoms with E-state index >= 15 is 0 Å². The maximum absolute atomic E-state index is 12.4. The second-order valence-electron chi connectivity index (χ2n) is 6.18. The number of piperidine rings is 1. The second-order valence-corrected chi connectivity index (χ2v) is 8.16. The van der Waals surface area contributed by atoms with Crippen LogP contribution in [0, 0.1) is 5.92 Å². The fraction of sp³-hybridized carbons (Fsp3) is 0.714. The van der Waals surface area contributed by atoms with Gasteiger partial charge in [-0.1, -0.05) is 0 Å². The number of carbonyl (C=O) groups excluding carboxylic acids is 1. The molecule has 122 valence electrons. The smallest absolute Gasteiger partial charge is 0.223 e. The molecule has 1 N–H and O–H groups in total. The second kappa shape index (κ2) is 6.00. The molecular formula is C14H22N4O3S. The van der Waals surface area contributed by atoms with Crippen molar-refractivity contribution in [3.05, 3.63) is 18.2 Å². The molecule has 1 atom stereocenters. The van der Waals surface area contributed by atoms with Gasteiger partial charge in [0.15, 0.2) is 0 Å². The Bertz CT molecular complexity index is 647. The lowest BCUT2D eigenvalue weighted by atomic mass is 9.96. The number of nitrogens with zero attached hydrogens (tertiary/aromatic N) is 3. The summed E-state index contributed by atoms with van der Waals surface area (Å²) in [6.45, 7) is 1.64. The van der Waals surface area contributed by atoms with E-state index in [1.165, 1.54) is 10.6 Å². The minimum absolute atomic E-state index is 0.0571. The summed E-state index contributed by atoms with van der Waals surface area (Å²) in [5.74, 6) is 1.05. The van der Waals surface area contributed by atoms with Crippen molar-refractivity contribution in [1.29, 1.82) is 0 Å². The van der Waals surface area contributed by atoms with Crippen LogP contribution in [0.15, 0.2) is 12.4 Å². The van der Waals surface area contributed by atoms with Gasteiger partial charge < -0.3 is 9.88 Å². The number of aryl methyl sites for hydroxylation is 1. The van der Waals surface area contributed by atoms with Gasteiger partial charge in [0.1, 0.15) is 5.82 Å². The van der Waals surface area contributed by atoms with Crippen LogP contribution in [0.5, 0.6) is 0 Å². The molecule has 1 aromatic rings. The van der Waals surface area contributed by atoms with Crippen LogP contribution in [0.4, 0.5) is 0 Å². The first kappa shape index (κ1) is 15.5. The van der Waals surface area contributed by atoms with Gasteiger partial charge in [0.2, 0.25) is 15.9 Å². The predicted molar refractivity (Wildman–Crippen MR) is 81.6 cm³/mol. The van der Waals surface area contributed by atoms with Crippen LogP contribution in [0.1, 0.15) is 25.1 Å². The number of carbonyl (C=O) groups is 1. The first-order valence-corrected chi connectivity index (χ1v) is 9.54. The summed E-state index contributed by atoms with van der Waals surface area (Å²) in [4.78, 5) is 16.6. The summed E-state index contributed by atoms with van der Waals surface area (Å²) in [6, 6.07) is 0.141. The standard InChI is InChI=1S/C14H22N4O3S/c1-22(20,21)18-7-4-11(5-8-18)14(19)16-12-2-3-13-15-6-9-17(13)10-12/h6,9,11-12H,2-5,7-8,10H2,1H3,(H,16,19)/t12-/m1/s1. The number of nitrogens with one attached hydrogen (secondary N) is 1. The summed E-state index contributed by atoms with van der Waals surface area (Å²) >= 11 is 0. The normalized spacial score (nSPS) is 24.0. The number of sulfonamides is 1. The zero-order valence-electron chi connectivity index (χ0n) is 12.7. The number of amides is 1. The molecule has 1 amide bonds. The molecule has 0 saturated carbocycles. The average Bonchev–Trinajstić information content (AvgIpc) is 2.94. The lowest BCUT2D eigenvalue weighted by Crippen LogP contribution is -2.47. The minimum atomic E-state index is -3.14. The summed E-state index contributed by atoms with van der Waals surface area (Å²) in [6.07, 6.45) is 7.94. The summed E-state index contributed by atoms with van der Waals surface area (Å²) in [5, 5.41) is 3.12. The van der Waals surface area contributed by atoms with Gasteiger partial charge in [-0.15, -0.1) is 0 Å². The van der Waals surface area contributed by atoms with Crippen molar-refractivity contribution in [2.24, 2.45) is 5.92 Å². The van der Waals surface area contributed by atoms with E-state index in [0.717, 1.165) is 25.2 Å². The van der Waals surface area contributed by atoms with Crippen LogP contribution >= 0.6 is 0 Å². The molecule has 1 saturated heterocycles. The number of hydrogen-bond acceptors (Lipinski definition) is 4. The minimum Gasteiger partial charge on any atom is -0.351 e. The van der Waals surface area contributed by atoms with Gasteiger partial charge in [-0.25, -0.2) is 17.7 Å². The third kappa shape index (κ3) is 3.33. The van der Waals surface area contributed by atoms with Crippen molar-refractivity contribution >= 4 is 15.9 Å². The summed E-state index contributed by atoms with van der Waals surface area (Å²) in [5.41, 5.74) is 0. The quantitative estimate of drug-likeness (QED) is 0.846. The van der Waals surface area contributed by atoms with E-state index in [2.05, 4.69) is 14.9 Å². The van der Waals surface area contributed by atoms with Crippen LogP contribution in [-0.4, -0.2) is 53.6 Å². The Hall–Kier alpha value is -1.41. The highest BCUT2D eigenvalue weighted by atomic mass is 32.2. The van der Waals surface area contributed by atoms with Crippen LogP contribution in [0.3, 0.4) is 0 Å². The lowest BCUT2D eigenvalue weighted by molar-refractivity contribution is -0.127. The Labute approximate surface area is 130 Å². The van der Waals surface area contributed by atoms with Crippen molar-refractivity contribution in [1.82, 2.24) is 19.2 Å². The lowest BCUT2D eigenvalue weighted by Gasteiger charge is -2.31. The molecule has 1 aromatic heterocycles. The number of imidazole rings is 1. The predicted octanol–water partition coefficient (Wildman–Crippen LogP) is -0.0143. The van der Waals surface area contributed by atoms with E-state index in [9.17, 15) is 13.2 Å². The van der Waals surface area contributed by atoms with Crippen molar-refractivity contribution in [2.75, 3.05) is 19.3 Å². The fourth-order valence-electron chi connectivity index (χ4n) is 3.25. The highest BCUT2D eigenvalue weighted by Gasteiger charge is 2.30. The van der Waals surface area contributed by atoms with Crippen LogP contribution in [0.25, 0.3) is 0 Å². The van der Waals surface area contributed by atoms with E-state index in [1.54, 1.807) is 6.20 Å². The molecule has 3 heterocycles. The maximum atomic E-state index is 12.4. The van der Waals surface area contributed by atoms with Gasteiger partial charge in [0, 0.05) is 50.4 Å². The third-order valence-electron chi connectivity index (χ3n) is 4.58. The number of aromatic nitrogens is 2. The molecule has 2 aliphatic rings. The van der Waals surface area contributed by atoms with Crippen LogP contribution < -0.4 is 5.32 Å². The SMILES string of the molecule is CS(=O)(=O)N1CCC(C(=O)N[C@@H]2CCc3nccn3C2)CC1. The molecule has 8 heteroatoms. The summed E-state index contributed by atoms with van der Waals surface area (Å²) in [7, 11) is -3.14. The van der Waals surface area contributed by atoms with Crippen molar-refractivity contribution in [3.8, 4) is 0 Å². The first-order chi connectivity index (χ1) is 10.4. The highest BCUT2D eigenvalue weighted by molar-refractivity contribution is 7.88. The third-order valence-corrected chi connectivity index (χ3v) is 5.88. The largest absolute Gasteiger partial charge is 0.351 e. The molecule has 0 spiro atoms. The fourth-order valence-corrected chi connectivity index (χ4v) is 4.13. The molecule has 3 rings (SSSR count). The van der Waals surface area contributed by atoms with Crippen LogP contribution in [0.2, 0.25) is 0 Å². The monoisotopic (exact) mass is 326 g/mol. The van der Waals surface area contributed by atoms with Crippen molar-refractivity contribution in [2.45, 2.75) is 38.3 Å². The number of rotatable bonds is 3. The first-order valence-electron chi connectivity index (χ1n) is 7.69. The molecule has 22 heavy (non-hydrogen) atoms. The van der Waals surface area contributed by atoms with Crippen LogP contribution in [-0.2, 0) is 27.8 Å². The Kier molecular flexibility index (Phi) is 4.22. The summed E-state index contributed by atoms with van der Waals surface area (Å²) < 4.78 is 26.5. The molecular weight excluding hydrogens is 304 g/mol. The Morgan fingerprint density at radius 3 is 2.73 bits per heavy atom. The number of fused-ring (bicyclic) bond motifs is 1. The van der Waals surface area contributed by atoms with Gasteiger partial charge in [-0.05, 0) is 19.3 Å². The van der Waals surface area contributed by atoms with E-state index in [-0.39, 0.29) is 17.9 Å². The average molecular weight is 326 g/mol. The highest BCUT2D eigenvalue weighted by Crippen LogP contribution is 2.20. The van der Waals surface area contributed by atoms with Crippen molar-refractivity contribution < 1.29 is 13.2 Å². The Morgan fingerprint density at radius 2 is 2.05 bits per heavy atom. The van der Waals surface area contributed by atoms with Crippen molar-refractivity contribution in [3.63, 3.8) is 0 Å². The zero-order chi connectivity index (χ0) is 15.7. The Morgan fingerprint density at radius 1 is 1.32 bits per heavy atom.